The number of carboxylic acid groups (broad SMARTS) is 1. The van der Waals surface area contributed by atoms with E-state index >= 15 is 0 Å². The Balaban J connectivity index is 2.00. The summed E-state index contributed by atoms with van der Waals surface area (Å²) in [5.41, 5.74) is 0.951. The normalized spacial score (nSPS) is 18.6. The average Bonchev–Trinajstić information content (AvgIpc) is 3.04. The number of carbonyl (C=O) groups excluding carboxylic acids is 1. The standard InChI is InChI=1S/C15H15NO3S/c1-9-10-5-2-3-7-12(10)20-13(9)14(17)16-8-4-6-11(16)15(18)19/h2-3,5,7,11H,4,6,8H2,1H3,(H,18,19)/t11-/m1/s1. The number of fused-ring (bicyclic) bond motifs is 1. The Hall–Kier alpha value is -1.88. The maximum absolute atomic E-state index is 12.6. The molecule has 104 valence electrons. The predicted molar refractivity (Wildman–Crippen MR) is 78.3 cm³/mol. The van der Waals surface area contributed by atoms with E-state index in [0.29, 0.717) is 17.8 Å². The van der Waals surface area contributed by atoms with E-state index in [1.165, 1.54) is 16.2 Å². The molecule has 1 aromatic carbocycles. The molecule has 1 amide bonds. The van der Waals surface area contributed by atoms with E-state index in [1.54, 1.807) is 0 Å². The number of amides is 1. The first kappa shape index (κ1) is 13.1. The van der Waals surface area contributed by atoms with Crippen molar-refractivity contribution >= 4 is 33.3 Å². The van der Waals surface area contributed by atoms with Gasteiger partial charge in [-0.15, -0.1) is 11.3 Å². The highest BCUT2D eigenvalue weighted by molar-refractivity contribution is 7.21. The van der Waals surface area contributed by atoms with Crippen LogP contribution in [0.2, 0.25) is 0 Å². The van der Waals surface area contributed by atoms with Crippen LogP contribution in [0, 0.1) is 6.92 Å². The Morgan fingerprint density at radius 2 is 2.10 bits per heavy atom. The monoisotopic (exact) mass is 289 g/mol. The summed E-state index contributed by atoms with van der Waals surface area (Å²) in [6.07, 6.45) is 1.30. The third-order valence-corrected chi connectivity index (χ3v) is 5.10. The van der Waals surface area contributed by atoms with Crippen LogP contribution >= 0.6 is 11.3 Å². The number of nitrogens with zero attached hydrogens (tertiary/aromatic N) is 1. The van der Waals surface area contributed by atoms with Crippen molar-refractivity contribution in [1.82, 2.24) is 4.90 Å². The number of hydrogen-bond acceptors (Lipinski definition) is 3. The van der Waals surface area contributed by atoms with Gasteiger partial charge in [-0.1, -0.05) is 18.2 Å². The Labute approximate surface area is 120 Å². The van der Waals surface area contributed by atoms with E-state index in [0.717, 1.165) is 22.1 Å². The lowest BCUT2D eigenvalue weighted by molar-refractivity contribution is -0.141. The number of aryl methyl sites for hydroxylation is 1. The van der Waals surface area contributed by atoms with Gasteiger partial charge in [0.1, 0.15) is 6.04 Å². The Morgan fingerprint density at radius 1 is 1.35 bits per heavy atom. The van der Waals surface area contributed by atoms with Crippen LogP contribution in [-0.4, -0.2) is 34.5 Å². The van der Waals surface area contributed by atoms with Gasteiger partial charge in [-0.05, 0) is 36.8 Å². The summed E-state index contributed by atoms with van der Waals surface area (Å²) in [6.45, 7) is 2.46. The van der Waals surface area contributed by atoms with Gasteiger partial charge >= 0.3 is 5.97 Å². The molecule has 2 heterocycles. The Morgan fingerprint density at radius 3 is 2.80 bits per heavy atom. The van der Waals surface area contributed by atoms with Crippen LogP contribution in [0.5, 0.6) is 0 Å². The summed E-state index contributed by atoms with van der Waals surface area (Å²) >= 11 is 1.45. The van der Waals surface area contributed by atoms with Gasteiger partial charge in [0, 0.05) is 11.2 Å². The molecular formula is C15H15NO3S. The third kappa shape index (κ3) is 1.98. The van der Waals surface area contributed by atoms with Gasteiger partial charge in [-0.2, -0.15) is 0 Å². The molecule has 2 aromatic rings. The van der Waals surface area contributed by atoms with E-state index < -0.39 is 12.0 Å². The van der Waals surface area contributed by atoms with Crippen LogP contribution in [-0.2, 0) is 4.79 Å². The van der Waals surface area contributed by atoms with Gasteiger partial charge in [0.05, 0.1) is 4.88 Å². The molecule has 1 aliphatic rings. The second kappa shape index (κ2) is 4.90. The van der Waals surface area contributed by atoms with Gasteiger partial charge in [-0.3, -0.25) is 4.79 Å². The molecule has 0 spiro atoms. The first-order valence-corrected chi connectivity index (χ1v) is 7.43. The average molecular weight is 289 g/mol. The maximum Gasteiger partial charge on any atom is 0.326 e. The molecule has 4 nitrogen and oxygen atoms in total. The summed E-state index contributed by atoms with van der Waals surface area (Å²) in [5.74, 6) is -1.05. The SMILES string of the molecule is Cc1c(C(=O)N2CCC[C@@H]2C(=O)O)sc2ccccc12. The van der Waals surface area contributed by atoms with Gasteiger partial charge in [0.25, 0.3) is 5.91 Å². The Kier molecular flexibility index (Phi) is 3.22. The third-order valence-electron chi connectivity index (χ3n) is 3.84. The zero-order valence-electron chi connectivity index (χ0n) is 11.1. The van der Waals surface area contributed by atoms with Crippen molar-refractivity contribution < 1.29 is 14.7 Å². The molecule has 1 N–H and O–H groups in total. The van der Waals surface area contributed by atoms with E-state index in [9.17, 15) is 14.7 Å². The minimum absolute atomic E-state index is 0.145. The van der Waals surface area contributed by atoms with Crippen LogP contribution in [0.1, 0.15) is 28.1 Å². The molecule has 5 heteroatoms. The predicted octanol–water partition coefficient (Wildman–Crippen LogP) is 2.90. The highest BCUT2D eigenvalue weighted by atomic mass is 32.1. The number of benzene rings is 1. The van der Waals surface area contributed by atoms with Gasteiger partial charge in [0.2, 0.25) is 0 Å². The van der Waals surface area contributed by atoms with Gasteiger partial charge < -0.3 is 10.0 Å². The van der Waals surface area contributed by atoms with E-state index in [2.05, 4.69) is 0 Å². The highest BCUT2D eigenvalue weighted by Crippen LogP contribution is 2.33. The first-order chi connectivity index (χ1) is 9.59. The number of hydrogen-bond donors (Lipinski definition) is 1. The van der Waals surface area contributed by atoms with Crippen molar-refractivity contribution in [2.45, 2.75) is 25.8 Å². The number of rotatable bonds is 2. The minimum atomic E-state index is -0.908. The van der Waals surface area contributed by atoms with E-state index in [1.807, 2.05) is 31.2 Å². The van der Waals surface area contributed by atoms with Crippen molar-refractivity contribution in [1.29, 1.82) is 0 Å². The highest BCUT2D eigenvalue weighted by Gasteiger charge is 2.35. The molecule has 20 heavy (non-hydrogen) atoms. The minimum Gasteiger partial charge on any atom is -0.480 e. The number of carbonyl (C=O) groups is 2. The second-order valence-corrected chi connectivity index (χ2v) is 6.10. The largest absolute Gasteiger partial charge is 0.480 e. The zero-order valence-corrected chi connectivity index (χ0v) is 11.9. The van der Waals surface area contributed by atoms with Gasteiger partial charge in [0.15, 0.2) is 0 Å². The van der Waals surface area contributed by atoms with Crippen LogP contribution in [0.25, 0.3) is 10.1 Å². The lowest BCUT2D eigenvalue weighted by atomic mass is 10.1. The van der Waals surface area contributed by atoms with Crippen molar-refractivity contribution in [2.24, 2.45) is 0 Å². The fourth-order valence-corrected chi connectivity index (χ4v) is 3.94. The van der Waals surface area contributed by atoms with Crippen molar-refractivity contribution in [3.8, 4) is 0 Å². The molecular weight excluding hydrogens is 274 g/mol. The molecule has 0 radical (unpaired) electrons. The van der Waals surface area contributed by atoms with Crippen LogP contribution in [0.15, 0.2) is 24.3 Å². The molecule has 0 bridgehead atoms. The fourth-order valence-electron chi connectivity index (χ4n) is 2.78. The molecule has 1 aromatic heterocycles. The molecule has 0 saturated carbocycles. The van der Waals surface area contributed by atoms with E-state index in [-0.39, 0.29) is 5.91 Å². The summed E-state index contributed by atoms with van der Waals surface area (Å²) in [4.78, 5) is 26.0. The number of carboxylic acids is 1. The molecule has 3 rings (SSSR count). The van der Waals surface area contributed by atoms with Crippen molar-refractivity contribution in [3.05, 3.63) is 34.7 Å². The number of thiophene rings is 1. The van der Waals surface area contributed by atoms with Crippen LogP contribution < -0.4 is 0 Å². The zero-order chi connectivity index (χ0) is 14.3. The van der Waals surface area contributed by atoms with Crippen LogP contribution in [0.3, 0.4) is 0 Å². The molecule has 0 unspecified atom stereocenters. The number of aliphatic carboxylic acids is 1. The maximum atomic E-state index is 12.6. The van der Waals surface area contributed by atoms with Crippen molar-refractivity contribution in [2.75, 3.05) is 6.54 Å². The topological polar surface area (TPSA) is 57.6 Å². The lowest BCUT2D eigenvalue weighted by Gasteiger charge is -2.21. The second-order valence-electron chi connectivity index (χ2n) is 5.05. The Bertz CT molecular complexity index is 691. The quantitative estimate of drug-likeness (QED) is 0.924. The van der Waals surface area contributed by atoms with Crippen LogP contribution in [0.4, 0.5) is 0 Å². The van der Waals surface area contributed by atoms with Gasteiger partial charge in [-0.25, -0.2) is 4.79 Å². The summed E-state index contributed by atoms with van der Waals surface area (Å²) in [6, 6.07) is 7.21. The molecule has 1 saturated heterocycles. The van der Waals surface area contributed by atoms with Crippen molar-refractivity contribution in [3.63, 3.8) is 0 Å². The molecule has 1 fully saturated rings. The molecule has 1 atom stereocenters. The summed E-state index contributed by atoms with van der Waals surface area (Å²) in [5, 5.41) is 10.3. The summed E-state index contributed by atoms with van der Waals surface area (Å²) < 4.78 is 1.07. The number of likely N-dealkylation sites (tertiary alicyclic amines) is 1. The first-order valence-electron chi connectivity index (χ1n) is 6.61. The lowest BCUT2D eigenvalue weighted by Crippen LogP contribution is -2.40. The smallest absolute Gasteiger partial charge is 0.326 e. The van der Waals surface area contributed by atoms with E-state index in [4.69, 9.17) is 0 Å². The molecule has 1 aliphatic heterocycles. The molecule has 0 aliphatic carbocycles. The summed E-state index contributed by atoms with van der Waals surface area (Å²) in [7, 11) is 0. The fraction of sp³-hybridized carbons (Fsp3) is 0.333.